The molecule has 0 spiro atoms. The molecule has 5 heteroatoms. The number of aromatic nitrogens is 1. The summed E-state index contributed by atoms with van der Waals surface area (Å²) in [6.07, 6.45) is 6.07. The molecule has 0 amide bonds. The standard InChI is InChI=1S/C13H19N3O2/c1-18-12(17)10-4-7-15-11(8-10)16-13(9-14)5-2-3-6-13/h4,7-8H,2-3,5-6,9,14H2,1H3,(H,15,16). The minimum Gasteiger partial charge on any atom is -0.465 e. The lowest BCUT2D eigenvalue weighted by Gasteiger charge is -2.29. The van der Waals surface area contributed by atoms with E-state index in [1.54, 1.807) is 18.3 Å². The number of nitrogens with one attached hydrogen (secondary N) is 1. The number of methoxy groups -OCH3 is 1. The van der Waals surface area contributed by atoms with Crippen molar-refractivity contribution in [1.29, 1.82) is 0 Å². The average molecular weight is 249 g/mol. The first-order chi connectivity index (χ1) is 8.69. The zero-order valence-electron chi connectivity index (χ0n) is 10.6. The van der Waals surface area contributed by atoms with E-state index in [0.717, 1.165) is 12.8 Å². The van der Waals surface area contributed by atoms with Crippen molar-refractivity contribution < 1.29 is 9.53 Å². The van der Waals surface area contributed by atoms with E-state index in [9.17, 15) is 4.79 Å². The molecule has 1 aliphatic rings. The van der Waals surface area contributed by atoms with Crippen molar-refractivity contribution in [2.24, 2.45) is 5.73 Å². The van der Waals surface area contributed by atoms with Gasteiger partial charge in [0.1, 0.15) is 5.82 Å². The van der Waals surface area contributed by atoms with Gasteiger partial charge in [0, 0.05) is 12.7 Å². The van der Waals surface area contributed by atoms with Gasteiger partial charge in [-0.05, 0) is 25.0 Å². The molecule has 0 aromatic carbocycles. The molecular weight excluding hydrogens is 230 g/mol. The molecule has 18 heavy (non-hydrogen) atoms. The highest BCUT2D eigenvalue weighted by molar-refractivity contribution is 5.90. The monoisotopic (exact) mass is 249 g/mol. The van der Waals surface area contributed by atoms with Crippen molar-refractivity contribution >= 4 is 11.8 Å². The molecule has 5 nitrogen and oxygen atoms in total. The Morgan fingerprint density at radius 1 is 1.56 bits per heavy atom. The van der Waals surface area contributed by atoms with Crippen molar-refractivity contribution in [3.05, 3.63) is 23.9 Å². The smallest absolute Gasteiger partial charge is 0.338 e. The molecule has 1 aliphatic carbocycles. The van der Waals surface area contributed by atoms with Crippen LogP contribution in [0.3, 0.4) is 0 Å². The summed E-state index contributed by atoms with van der Waals surface area (Å²) in [7, 11) is 1.37. The fourth-order valence-corrected chi connectivity index (χ4v) is 2.45. The van der Waals surface area contributed by atoms with E-state index in [-0.39, 0.29) is 11.5 Å². The minimum absolute atomic E-state index is 0.0677. The maximum absolute atomic E-state index is 11.4. The summed E-state index contributed by atoms with van der Waals surface area (Å²) < 4.78 is 4.69. The first-order valence-corrected chi connectivity index (χ1v) is 6.22. The zero-order chi connectivity index (χ0) is 13.0. The van der Waals surface area contributed by atoms with Gasteiger partial charge in [0.25, 0.3) is 0 Å². The number of hydrogen-bond donors (Lipinski definition) is 2. The van der Waals surface area contributed by atoms with Gasteiger partial charge >= 0.3 is 5.97 Å². The van der Waals surface area contributed by atoms with Crippen LogP contribution in [0.25, 0.3) is 0 Å². The molecule has 0 atom stereocenters. The number of pyridine rings is 1. The summed E-state index contributed by atoms with van der Waals surface area (Å²) >= 11 is 0. The van der Waals surface area contributed by atoms with Gasteiger partial charge < -0.3 is 15.8 Å². The molecular formula is C13H19N3O2. The summed E-state index contributed by atoms with van der Waals surface area (Å²) in [5, 5.41) is 3.38. The molecule has 1 aromatic heterocycles. The fourth-order valence-electron chi connectivity index (χ4n) is 2.45. The molecule has 1 aromatic rings. The highest BCUT2D eigenvalue weighted by Gasteiger charge is 2.32. The van der Waals surface area contributed by atoms with Gasteiger partial charge in [-0.1, -0.05) is 12.8 Å². The van der Waals surface area contributed by atoms with Crippen LogP contribution >= 0.6 is 0 Å². The third kappa shape index (κ3) is 2.61. The Morgan fingerprint density at radius 2 is 2.28 bits per heavy atom. The van der Waals surface area contributed by atoms with Gasteiger partial charge in [-0.3, -0.25) is 0 Å². The van der Waals surface area contributed by atoms with E-state index in [0.29, 0.717) is 17.9 Å². The largest absolute Gasteiger partial charge is 0.465 e. The van der Waals surface area contributed by atoms with Gasteiger partial charge in [-0.25, -0.2) is 9.78 Å². The van der Waals surface area contributed by atoms with Crippen LogP contribution in [0.2, 0.25) is 0 Å². The van der Waals surface area contributed by atoms with Crippen LogP contribution in [-0.4, -0.2) is 30.1 Å². The third-order valence-corrected chi connectivity index (χ3v) is 3.53. The molecule has 3 N–H and O–H groups in total. The van der Waals surface area contributed by atoms with Gasteiger partial charge in [0.05, 0.1) is 18.2 Å². The molecule has 1 fully saturated rings. The Hall–Kier alpha value is -1.62. The molecule has 2 rings (SSSR count). The van der Waals surface area contributed by atoms with Gasteiger partial charge in [-0.2, -0.15) is 0 Å². The van der Waals surface area contributed by atoms with Crippen LogP contribution in [0.15, 0.2) is 18.3 Å². The predicted molar refractivity (Wildman–Crippen MR) is 69.5 cm³/mol. The topological polar surface area (TPSA) is 77.2 Å². The van der Waals surface area contributed by atoms with Crippen molar-refractivity contribution in [2.45, 2.75) is 31.2 Å². The second kappa shape index (κ2) is 5.35. The van der Waals surface area contributed by atoms with Crippen molar-refractivity contribution in [1.82, 2.24) is 4.98 Å². The molecule has 0 saturated heterocycles. The summed E-state index contributed by atoms with van der Waals surface area (Å²) in [6.45, 7) is 0.580. The Balaban J connectivity index is 2.16. The molecule has 0 aliphatic heterocycles. The lowest BCUT2D eigenvalue weighted by atomic mass is 9.98. The van der Waals surface area contributed by atoms with Crippen molar-refractivity contribution in [3.63, 3.8) is 0 Å². The Kier molecular flexibility index (Phi) is 3.81. The van der Waals surface area contributed by atoms with Crippen LogP contribution in [0.4, 0.5) is 5.82 Å². The Morgan fingerprint density at radius 3 is 2.89 bits per heavy atom. The van der Waals surface area contributed by atoms with Crippen molar-refractivity contribution in [2.75, 3.05) is 19.0 Å². The number of anilines is 1. The highest BCUT2D eigenvalue weighted by Crippen LogP contribution is 2.31. The van der Waals surface area contributed by atoms with Crippen molar-refractivity contribution in [3.8, 4) is 0 Å². The summed E-state index contributed by atoms with van der Waals surface area (Å²) in [5.41, 5.74) is 6.29. The van der Waals surface area contributed by atoms with E-state index < -0.39 is 0 Å². The number of carbonyl (C=O) groups excluding carboxylic acids is 1. The molecule has 0 radical (unpaired) electrons. The maximum Gasteiger partial charge on any atom is 0.338 e. The number of carbonyl (C=O) groups is 1. The summed E-state index contributed by atoms with van der Waals surface area (Å²) in [4.78, 5) is 15.7. The molecule has 0 bridgehead atoms. The van der Waals surface area contributed by atoms with E-state index in [4.69, 9.17) is 10.5 Å². The number of hydrogen-bond acceptors (Lipinski definition) is 5. The summed E-state index contributed by atoms with van der Waals surface area (Å²) in [5.74, 6) is 0.332. The number of esters is 1. The van der Waals surface area contributed by atoms with Gasteiger partial charge in [0.15, 0.2) is 0 Å². The summed E-state index contributed by atoms with van der Waals surface area (Å²) in [6, 6.07) is 3.35. The predicted octanol–water partition coefficient (Wildman–Crippen LogP) is 1.55. The molecule has 1 saturated carbocycles. The molecule has 98 valence electrons. The van der Waals surface area contributed by atoms with Crippen LogP contribution in [0.1, 0.15) is 36.0 Å². The average Bonchev–Trinajstić information content (AvgIpc) is 2.87. The third-order valence-electron chi connectivity index (χ3n) is 3.53. The van der Waals surface area contributed by atoms with Gasteiger partial charge in [-0.15, -0.1) is 0 Å². The van der Waals surface area contributed by atoms with E-state index in [1.165, 1.54) is 20.0 Å². The van der Waals surface area contributed by atoms with E-state index >= 15 is 0 Å². The number of ether oxygens (including phenoxy) is 1. The molecule has 1 heterocycles. The first kappa shape index (κ1) is 12.8. The first-order valence-electron chi connectivity index (χ1n) is 6.22. The number of rotatable bonds is 4. The van der Waals surface area contributed by atoms with Crippen LogP contribution in [0, 0.1) is 0 Å². The number of nitrogens with zero attached hydrogens (tertiary/aromatic N) is 1. The highest BCUT2D eigenvalue weighted by atomic mass is 16.5. The zero-order valence-corrected chi connectivity index (χ0v) is 10.6. The Bertz CT molecular complexity index is 428. The normalized spacial score (nSPS) is 17.4. The lowest BCUT2D eigenvalue weighted by Crippen LogP contribution is -2.43. The number of nitrogens with two attached hydrogens (primary N) is 1. The quantitative estimate of drug-likeness (QED) is 0.792. The van der Waals surface area contributed by atoms with Crippen LogP contribution in [0.5, 0.6) is 0 Å². The van der Waals surface area contributed by atoms with E-state index in [2.05, 4.69) is 10.3 Å². The second-order valence-electron chi connectivity index (χ2n) is 4.74. The lowest BCUT2D eigenvalue weighted by molar-refractivity contribution is 0.0600. The van der Waals surface area contributed by atoms with Crippen LogP contribution < -0.4 is 11.1 Å². The fraction of sp³-hybridized carbons (Fsp3) is 0.538. The van der Waals surface area contributed by atoms with Gasteiger partial charge in [0.2, 0.25) is 0 Å². The van der Waals surface area contributed by atoms with Crippen LogP contribution in [-0.2, 0) is 4.74 Å². The maximum atomic E-state index is 11.4. The second-order valence-corrected chi connectivity index (χ2v) is 4.74. The molecule has 0 unspecified atom stereocenters. The minimum atomic E-state index is -0.353. The van der Waals surface area contributed by atoms with E-state index in [1.807, 2.05) is 0 Å². The SMILES string of the molecule is COC(=O)c1ccnc(NC2(CN)CCCC2)c1. The Labute approximate surface area is 107 Å².